The van der Waals surface area contributed by atoms with E-state index in [2.05, 4.69) is 17.5 Å². The molecule has 0 saturated heterocycles. The number of ether oxygens (including phenoxy) is 1. The molecule has 3 nitrogen and oxygen atoms in total. The highest BCUT2D eigenvalue weighted by atomic mass is 35.5. The molecular weight excluding hydrogens is 250 g/mol. The summed E-state index contributed by atoms with van der Waals surface area (Å²) < 4.78 is 5.47. The fourth-order valence-corrected chi connectivity index (χ4v) is 1.99. The van der Waals surface area contributed by atoms with Crippen LogP contribution >= 0.6 is 11.6 Å². The highest BCUT2D eigenvalue weighted by Crippen LogP contribution is 2.15. The Balaban J connectivity index is 1.64. The van der Waals surface area contributed by atoms with Crippen molar-refractivity contribution in [3.05, 3.63) is 41.4 Å². The summed E-state index contributed by atoms with van der Waals surface area (Å²) in [6.45, 7) is 0.842. The zero-order valence-corrected chi connectivity index (χ0v) is 10.9. The summed E-state index contributed by atoms with van der Waals surface area (Å²) >= 11 is 5.78. The summed E-state index contributed by atoms with van der Waals surface area (Å²) in [6, 6.07) is 7.60. The average Bonchev–Trinajstić information content (AvgIpc) is 2.89. The van der Waals surface area contributed by atoms with Crippen LogP contribution in [-0.2, 0) is 0 Å². The van der Waals surface area contributed by atoms with Crippen molar-refractivity contribution >= 4 is 11.6 Å². The minimum Gasteiger partial charge on any atom is -0.491 e. The van der Waals surface area contributed by atoms with Crippen molar-refractivity contribution in [3.63, 3.8) is 0 Å². The molecule has 1 atom stereocenters. The quantitative estimate of drug-likeness (QED) is 0.778. The fourth-order valence-electron chi connectivity index (χ4n) is 1.87. The van der Waals surface area contributed by atoms with Gasteiger partial charge in [-0.1, -0.05) is 23.8 Å². The molecule has 0 radical (unpaired) electrons. The van der Waals surface area contributed by atoms with E-state index in [-0.39, 0.29) is 6.61 Å². The van der Waals surface area contributed by atoms with Gasteiger partial charge in [0.05, 0.1) is 0 Å². The minimum atomic E-state index is -0.499. The van der Waals surface area contributed by atoms with Crippen molar-refractivity contribution in [2.75, 3.05) is 13.2 Å². The van der Waals surface area contributed by atoms with Gasteiger partial charge in [0, 0.05) is 17.6 Å². The normalized spacial score (nSPS) is 17.0. The lowest BCUT2D eigenvalue weighted by Gasteiger charge is -2.16. The van der Waals surface area contributed by atoms with E-state index in [1.165, 1.54) is 0 Å². The maximum absolute atomic E-state index is 9.79. The Morgan fingerprint density at radius 3 is 2.61 bits per heavy atom. The summed E-state index contributed by atoms with van der Waals surface area (Å²) in [6.07, 6.45) is 5.92. The van der Waals surface area contributed by atoms with E-state index in [1.807, 2.05) is 0 Å². The smallest absolute Gasteiger partial charge is 0.119 e. The first kappa shape index (κ1) is 13.4. The van der Waals surface area contributed by atoms with E-state index < -0.39 is 6.10 Å². The van der Waals surface area contributed by atoms with Crippen LogP contribution in [0.15, 0.2) is 36.4 Å². The van der Waals surface area contributed by atoms with Gasteiger partial charge in [0.2, 0.25) is 0 Å². The molecule has 0 amide bonds. The van der Waals surface area contributed by atoms with Gasteiger partial charge in [-0.05, 0) is 37.1 Å². The van der Waals surface area contributed by atoms with Crippen LogP contribution in [0.4, 0.5) is 0 Å². The summed E-state index contributed by atoms with van der Waals surface area (Å²) in [4.78, 5) is 0. The van der Waals surface area contributed by atoms with Gasteiger partial charge in [-0.25, -0.2) is 0 Å². The van der Waals surface area contributed by atoms with Gasteiger partial charge in [0.15, 0.2) is 0 Å². The van der Waals surface area contributed by atoms with Gasteiger partial charge in [0.1, 0.15) is 18.5 Å². The molecule has 98 valence electrons. The molecule has 0 heterocycles. The van der Waals surface area contributed by atoms with Gasteiger partial charge in [0.25, 0.3) is 0 Å². The van der Waals surface area contributed by atoms with Gasteiger partial charge >= 0.3 is 0 Å². The predicted octanol–water partition coefficient (Wildman–Crippen LogP) is 2.39. The van der Waals surface area contributed by atoms with Crippen molar-refractivity contribution in [3.8, 4) is 5.75 Å². The number of aliphatic hydroxyl groups excluding tert-OH is 1. The Labute approximate surface area is 112 Å². The lowest BCUT2D eigenvalue weighted by molar-refractivity contribution is 0.104. The second-order valence-electron chi connectivity index (χ2n) is 4.47. The molecule has 18 heavy (non-hydrogen) atoms. The van der Waals surface area contributed by atoms with Crippen molar-refractivity contribution in [1.82, 2.24) is 5.32 Å². The van der Waals surface area contributed by atoms with E-state index in [9.17, 15) is 5.11 Å². The van der Waals surface area contributed by atoms with E-state index >= 15 is 0 Å². The average molecular weight is 268 g/mol. The van der Waals surface area contributed by atoms with Crippen LogP contribution < -0.4 is 10.1 Å². The monoisotopic (exact) mass is 267 g/mol. The van der Waals surface area contributed by atoms with Crippen molar-refractivity contribution < 1.29 is 9.84 Å². The van der Waals surface area contributed by atoms with E-state index in [1.54, 1.807) is 24.3 Å². The van der Waals surface area contributed by atoms with Crippen LogP contribution in [0.2, 0.25) is 5.02 Å². The number of nitrogens with one attached hydrogen (secondary N) is 1. The summed E-state index contributed by atoms with van der Waals surface area (Å²) in [5.74, 6) is 0.723. The van der Waals surface area contributed by atoms with Crippen LogP contribution in [0.1, 0.15) is 12.8 Å². The molecule has 0 aliphatic heterocycles. The molecule has 0 fully saturated rings. The molecule has 1 unspecified atom stereocenters. The van der Waals surface area contributed by atoms with E-state index in [0.29, 0.717) is 17.6 Å². The molecule has 0 bridgehead atoms. The van der Waals surface area contributed by atoms with Crippen molar-refractivity contribution in [1.29, 1.82) is 0 Å². The third-order valence-electron chi connectivity index (χ3n) is 2.91. The van der Waals surface area contributed by atoms with Crippen LogP contribution in [-0.4, -0.2) is 30.4 Å². The van der Waals surface area contributed by atoms with Gasteiger partial charge in [-0.15, -0.1) is 0 Å². The predicted molar refractivity (Wildman–Crippen MR) is 73.1 cm³/mol. The molecular formula is C14H18ClNO2. The highest BCUT2D eigenvalue weighted by Gasteiger charge is 2.12. The molecule has 2 rings (SSSR count). The standard InChI is InChI=1S/C14H18ClNO2/c15-11-5-7-14(8-6-11)18-10-13(17)9-16-12-3-1-2-4-12/h1-2,5-8,12-13,16-17H,3-4,9-10H2. The first-order valence-corrected chi connectivity index (χ1v) is 6.56. The topological polar surface area (TPSA) is 41.5 Å². The first-order chi connectivity index (χ1) is 8.74. The molecule has 1 aromatic rings. The molecule has 0 spiro atoms. The number of halogens is 1. The Morgan fingerprint density at radius 2 is 1.94 bits per heavy atom. The molecule has 2 N–H and O–H groups in total. The molecule has 0 saturated carbocycles. The number of benzene rings is 1. The lowest BCUT2D eigenvalue weighted by atomic mass is 10.2. The Bertz CT molecular complexity index is 383. The number of aliphatic hydroxyl groups is 1. The zero-order chi connectivity index (χ0) is 12.8. The molecule has 1 aliphatic carbocycles. The Kier molecular flexibility index (Phi) is 5.05. The van der Waals surface area contributed by atoms with Crippen LogP contribution in [0.3, 0.4) is 0 Å². The number of rotatable bonds is 6. The first-order valence-electron chi connectivity index (χ1n) is 6.19. The minimum absolute atomic E-state index is 0.286. The molecule has 1 aliphatic rings. The molecule has 4 heteroatoms. The lowest BCUT2D eigenvalue weighted by Crippen LogP contribution is -2.36. The third kappa shape index (κ3) is 4.33. The van der Waals surface area contributed by atoms with Crippen LogP contribution in [0.25, 0.3) is 0 Å². The second kappa shape index (κ2) is 6.78. The van der Waals surface area contributed by atoms with Gasteiger partial charge < -0.3 is 15.2 Å². The third-order valence-corrected chi connectivity index (χ3v) is 3.16. The largest absolute Gasteiger partial charge is 0.491 e. The van der Waals surface area contributed by atoms with Gasteiger partial charge in [-0.2, -0.15) is 0 Å². The maximum Gasteiger partial charge on any atom is 0.119 e. The zero-order valence-electron chi connectivity index (χ0n) is 10.2. The van der Waals surface area contributed by atoms with E-state index in [4.69, 9.17) is 16.3 Å². The van der Waals surface area contributed by atoms with Crippen LogP contribution in [0.5, 0.6) is 5.75 Å². The Hall–Kier alpha value is -1.03. The maximum atomic E-state index is 9.79. The fraction of sp³-hybridized carbons (Fsp3) is 0.429. The SMILES string of the molecule is OC(CNC1CC=CC1)COc1ccc(Cl)cc1. The van der Waals surface area contributed by atoms with Crippen LogP contribution in [0, 0.1) is 0 Å². The van der Waals surface area contributed by atoms with Crippen molar-refractivity contribution in [2.24, 2.45) is 0 Å². The Morgan fingerprint density at radius 1 is 1.28 bits per heavy atom. The summed E-state index contributed by atoms with van der Waals surface area (Å²) in [5.41, 5.74) is 0. The van der Waals surface area contributed by atoms with Crippen molar-refractivity contribution in [2.45, 2.75) is 25.0 Å². The summed E-state index contributed by atoms with van der Waals surface area (Å²) in [7, 11) is 0. The second-order valence-corrected chi connectivity index (χ2v) is 4.90. The highest BCUT2D eigenvalue weighted by molar-refractivity contribution is 6.30. The van der Waals surface area contributed by atoms with Gasteiger partial charge in [-0.3, -0.25) is 0 Å². The number of hydrogen-bond donors (Lipinski definition) is 2. The molecule has 0 aromatic heterocycles. The van der Waals surface area contributed by atoms with E-state index in [0.717, 1.165) is 18.6 Å². The number of hydrogen-bond acceptors (Lipinski definition) is 3. The summed E-state index contributed by atoms with van der Waals surface area (Å²) in [5, 5.41) is 13.8. The molecule has 1 aromatic carbocycles.